The highest BCUT2D eigenvalue weighted by Gasteiger charge is 2.37. The number of nitrogens with zero attached hydrogens (tertiary/aromatic N) is 3. The number of H-pyrrole nitrogens is 1. The third kappa shape index (κ3) is 3.81. The molecule has 1 fully saturated rings. The molecule has 3 heterocycles. The fourth-order valence-electron chi connectivity index (χ4n) is 4.29. The maximum atomic E-state index is 13.8. The first-order valence-electron chi connectivity index (χ1n) is 10.6. The Labute approximate surface area is 200 Å². The van der Waals surface area contributed by atoms with Crippen molar-refractivity contribution in [1.29, 1.82) is 0 Å². The molecule has 8 heteroatoms. The van der Waals surface area contributed by atoms with Gasteiger partial charge in [0.05, 0.1) is 34.1 Å². The van der Waals surface area contributed by atoms with E-state index in [1.807, 2.05) is 55.1 Å². The molecule has 0 bridgehead atoms. The van der Waals surface area contributed by atoms with Gasteiger partial charge in [-0.05, 0) is 55.7 Å². The van der Waals surface area contributed by atoms with E-state index in [1.165, 1.54) is 11.3 Å². The molecule has 1 amide bonds. The van der Waals surface area contributed by atoms with Crippen molar-refractivity contribution in [1.82, 2.24) is 19.9 Å². The standard InChI is InChI=1S/C25H23ClN4O2S/c1-13-10-20(24-28-19-9-8-18(26)14(2)21(19)29-24)30(12-13)25(31)22-23(33-15(3)27-22)16-6-5-7-17(11-16)32-4/h5-9,11,20H,1,10,12H2,2-4H3,(H,28,29)/t20-/m0/s1. The summed E-state index contributed by atoms with van der Waals surface area (Å²) in [4.78, 5) is 29.3. The average Bonchev–Trinajstić information content (AvgIpc) is 3.52. The fraction of sp³-hybridized carbons (Fsp3) is 0.240. The molecular formula is C25H23ClN4O2S. The van der Waals surface area contributed by atoms with Gasteiger partial charge < -0.3 is 14.6 Å². The highest BCUT2D eigenvalue weighted by atomic mass is 35.5. The van der Waals surface area contributed by atoms with Crippen molar-refractivity contribution in [3.05, 3.63) is 75.7 Å². The molecule has 1 saturated heterocycles. The normalized spacial score (nSPS) is 16.1. The number of imidazole rings is 1. The van der Waals surface area contributed by atoms with E-state index in [0.29, 0.717) is 23.7 Å². The van der Waals surface area contributed by atoms with Gasteiger partial charge in [-0.1, -0.05) is 35.9 Å². The first-order valence-corrected chi connectivity index (χ1v) is 11.8. The number of aromatic nitrogens is 3. The van der Waals surface area contributed by atoms with Crippen molar-refractivity contribution in [3.8, 4) is 16.2 Å². The van der Waals surface area contributed by atoms with E-state index in [9.17, 15) is 4.79 Å². The molecule has 1 atom stereocenters. The number of hydrogen-bond donors (Lipinski definition) is 1. The van der Waals surface area contributed by atoms with E-state index in [2.05, 4.69) is 16.5 Å². The summed E-state index contributed by atoms with van der Waals surface area (Å²) in [5.41, 5.74) is 4.98. The highest BCUT2D eigenvalue weighted by Crippen LogP contribution is 2.39. The van der Waals surface area contributed by atoms with Crippen LogP contribution in [-0.2, 0) is 0 Å². The van der Waals surface area contributed by atoms with Crippen molar-refractivity contribution < 1.29 is 9.53 Å². The highest BCUT2D eigenvalue weighted by molar-refractivity contribution is 7.15. The number of halogens is 1. The zero-order valence-electron chi connectivity index (χ0n) is 18.6. The molecule has 0 radical (unpaired) electrons. The number of aromatic amines is 1. The van der Waals surface area contributed by atoms with E-state index in [-0.39, 0.29) is 11.9 Å². The Hall–Kier alpha value is -3.16. The maximum absolute atomic E-state index is 13.8. The molecule has 2 aromatic heterocycles. The number of hydrogen-bond acceptors (Lipinski definition) is 5. The zero-order valence-corrected chi connectivity index (χ0v) is 20.2. The Morgan fingerprint density at radius 1 is 1.27 bits per heavy atom. The molecule has 33 heavy (non-hydrogen) atoms. The molecule has 0 spiro atoms. The summed E-state index contributed by atoms with van der Waals surface area (Å²) in [6.45, 7) is 8.49. The summed E-state index contributed by atoms with van der Waals surface area (Å²) in [5, 5.41) is 1.50. The number of methoxy groups -OCH3 is 1. The van der Waals surface area contributed by atoms with Crippen molar-refractivity contribution in [3.63, 3.8) is 0 Å². The van der Waals surface area contributed by atoms with E-state index in [1.54, 1.807) is 7.11 Å². The molecule has 1 aliphatic heterocycles. The van der Waals surface area contributed by atoms with E-state index >= 15 is 0 Å². The quantitative estimate of drug-likeness (QED) is 0.359. The lowest BCUT2D eigenvalue weighted by molar-refractivity contribution is 0.0728. The Kier molecular flexibility index (Phi) is 5.46. The molecule has 6 nitrogen and oxygen atoms in total. The largest absolute Gasteiger partial charge is 0.497 e. The predicted octanol–water partition coefficient (Wildman–Crippen LogP) is 6.11. The van der Waals surface area contributed by atoms with Gasteiger partial charge >= 0.3 is 0 Å². The van der Waals surface area contributed by atoms with Crippen LogP contribution in [0.4, 0.5) is 0 Å². The van der Waals surface area contributed by atoms with Gasteiger partial charge in [0.15, 0.2) is 0 Å². The molecule has 1 aliphatic rings. The van der Waals surface area contributed by atoms with Crippen molar-refractivity contribution >= 4 is 39.9 Å². The lowest BCUT2D eigenvalue weighted by Gasteiger charge is -2.22. The number of ether oxygens (including phenoxy) is 1. The van der Waals surface area contributed by atoms with Gasteiger partial charge in [0.2, 0.25) is 0 Å². The third-order valence-corrected chi connectivity index (χ3v) is 7.39. The van der Waals surface area contributed by atoms with Crippen LogP contribution in [-0.4, -0.2) is 39.4 Å². The number of amides is 1. The van der Waals surface area contributed by atoms with Crippen molar-refractivity contribution in [2.24, 2.45) is 0 Å². The number of likely N-dealkylation sites (tertiary alicyclic amines) is 1. The number of carbonyl (C=O) groups excluding carboxylic acids is 1. The molecule has 2 aromatic carbocycles. The molecule has 168 valence electrons. The molecule has 4 aromatic rings. The Morgan fingerprint density at radius 2 is 2.09 bits per heavy atom. The topological polar surface area (TPSA) is 71.1 Å². The van der Waals surface area contributed by atoms with Crippen LogP contribution in [0.25, 0.3) is 21.5 Å². The second-order valence-electron chi connectivity index (χ2n) is 8.24. The van der Waals surface area contributed by atoms with Crippen molar-refractivity contribution in [2.45, 2.75) is 26.3 Å². The van der Waals surface area contributed by atoms with Gasteiger partial charge in [-0.3, -0.25) is 4.79 Å². The summed E-state index contributed by atoms with van der Waals surface area (Å²) in [5.74, 6) is 1.34. The van der Waals surface area contributed by atoms with Crippen LogP contribution in [0.5, 0.6) is 5.75 Å². The Balaban J connectivity index is 1.55. The minimum Gasteiger partial charge on any atom is -0.497 e. The summed E-state index contributed by atoms with van der Waals surface area (Å²) >= 11 is 7.79. The van der Waals surface area contributed by atoms with Gasteiger partial charge in [-0.15, -0.1) is 11.3 Å². The first-order chi connectivity index (χ1) is 15.9. The van der Waals surface area contributed by atoms with Gasteiger partial charge in [0.25, 0.3) is 5.91 Å². The Morgan fingerprint density at radius 3 is 2.88 bits per heavy atom. The summed E-state index contributed by atoms with van der Waals surface area (Å²) in [6, 6.07) is 11.2. The predicted molar refractivity (Wildman–Crippen MR) is 132 cm³/mol. The van der Waals surface area contributed by atoms with E-state index in [4.69, 9.17) is 21.3 Å². The summed E-state index contributed by atoms with van der Waals surface area (Å²) < 4.78 is 5.37. The van der Waals surface area contributed by atoms with Crippen LogP contribution in [0.2, 0.25) is 5.02 Å². The number of benzene rings is 2. The SMILES string of the molecule is C=C1C[C@@H](c2nc3c(C)c(Cl)ccc3[nH]2)N(C(=O)c2nc(C)sc2-c2cccc(OC)c2)C1. The lowest BCUT2D eigenvalue weighted by atomic mass is 10.1. The summed E-state index contributed by atoms with van der Waals surface area (Å²) in [6.07, 6.45) is 0.649. The number of aryl methyl sites for hydroxylation is 2. The molecule has 1 N–H and O–H groups in total. The second-order valence-corrected chi connectivity index (χ2v) is 9.85. The molecule has 5 rings (SSSR count). The van der Waals surface area contributed by atoms with Gasteiger partial charge in [0, 0.05) is 11.6 Å². The van der Waals surface area contributed by atoms with Gasteiger partial charge in [0.1, 0.15) is 17.3 Å². The van der Waals surface area contributed by atoms with Gasteiger partial charge in [-0.25, -0.2) is 9.97 Å². The van der Waals surface area contributed by atoms with E-state index < -0.39 is 0 Å². The second kappa shape index (κ2) is 8.32. The number of thiazole rings is 1. The number of nitrogens with one attached hydrogen (secondary N) is 1. The van der Waals surface area contributed by atoms with Crippen molar-refractivity contribution in [2.75, 3.05) is 13.7 Å². The van der Waals surface area contributed by atoms with E-state index in [0.717, 1.165) is 49.2 Å². The molecule has 0 aliphatic carbocycles. The first kappa shape index (κ1) is 21.7. The fourth-order valence-corrected chi connectivity index (χ4v) is 5.35. The van der Waals surface area contributed by atoms with Gasteiger partial charge in [-0.2, -0.15) is 0 Å². The van der Waals surface area contributed by atoms with Crippen LogP contribution >= 0.6 is 22.9 Å². The third-order valence-electron chi connectivity index (χ3n) is 5.96. The van der Waals surface area contributed by atoms with Crippen LogP contribution in [0, 0.1) is 13.8 Å². The van der Waals surface area contributed by atoms with Crippen LogP contribution in [0.15, 0.2) is 48.6 Å². The summed E-state index contributed by atoms with van der Waals surface area (Å²) in [7, 11) is 1.63. The maximum Gasteiger partial charge on any atom is 0.274 e. The average molecular weight is 479 g/mol. The zero-order chi connectivity index (χ0) is 23.3. The number of rotatable bonds is 4. The van der Waals surface area contributed by atoms with Crippen LogP contribution < -0.4 is 4.74 Å². The minimum absolute atomic E-state index is 0.129. The Bertz CT molecular complexity index is 1410. The minimum atomic E-state index is -0.240. The molecular weight excluding hydrogens is 456 g/mol. The molecule has 0 unspecified atom stereocenters. The monoisotopic (exact) mass is 478 g/mol. The number of carbonyl (C=O) groups is 1. The molecule has 0 saturated carbocycles. The lowest BCUT2D eigenvalue weighted by Crippen LogP contribution is -2.31. The number of fused-ring (bicyclic) bond motifs is 1. The smallest absolute Gasteiger partial charge is 0.274 e. The van der Waals surface area contributed by atoms with Crippen LogP contribution in [0.3, 0.4) is 0 Å². The van der Waals surface area contributed by atoms with Crippen LogP contribution in [0.1, 0.15) is 39.3 Å².